The molecular weight excluding hydrogens is 526 g/mol. The normalized spacial score (nSPS) is 28.5. The molecule has 8 nitrogen and oxygen atoms in total. The standard InChI is InChI=1S/C31H39N3O5S/c1-5-39-22-12-10-21(11-13-22)32-28(36)25-24-17-20(4)31(40-24)26(25)30(38)34(14-6-7-15-35)27(31)29(37)33-23-16-18(2)8-9-19(23)3/h8-13,16,20,24-27,35H,5-7,14-15,17H2,1-4H3,(H,32,36)(H,33,37)/t20?,24-,25+,26-,27?,31?/m0/s1. The van der Waals surface area contributed by atoms with Gasteiger partial charge in [0, 0.05) is 29.8 Å². The van der Waals surface area contributed by atoms with Crippen molar-refractivity contribution in [1.29, 1.82) is 0 Å². The van der Waals surface area contributed by atoms with Crippen molar-refractivity contribution < 1.29 is 24.2 Å². The quantitative estimate of drug-likeness (QED) is 0.369. The predicted molar refractivity (Wildman–Crippen MR) is 157 cm³/mol. The molecule has 3 aliphatic rings. The molecule has 0 radical (unpaired) electrons. The zero-order chi connectivity index (χ0) is 28.6. The van der Waals surface area contributed by atoms with Crippen molar-refractivity contribution >= 4 is 40.9 Å². The lowest BCUT2D eigenvalue weighted by Gasteiger charge is -2.38. The number of amides is 3. The molecule has 3 amide bonds. The SMILES string of the molecule is CCOc1ccc(NC(=O)[C@@H]2[C@@H]3CC(C)C4(S3)C(C(=O)Nc3cc(C)ccc3C)N(CCCCO)C(=O)[C@H]24)cc1. The van der Waals surface area contributed by atoms with Crippen LogP contribution in [0.25, 0.3) is 0 Å². The molecule has 9 heteroatoms. The molecule has 2 aromatic rings. The number of anilines is 2. The van der Waals surface area contributed by atoms with Crippen molar-refractivity contribution in [2.24, 2.45) is 17.8 Å². The number of carbonyl (C=O) groups is 3. The number of likely N-dealkylation sites (tertiary alicyclic amines) is 1. The van der Waals surface area contributed by atoms with Crippen LogP contribution in [0.5, 0.6) is 5.75 Å². The maximum atomic E-state index is 14.2. The smallest absolute Gasteiger partial charge is 0.248 e. The second-order valence-electron chi connectivity index (χ2n) is 11.3. The molecule has 40 heavy (non-hydrogen) atoms. The molecule has 0 aliphatic carbocycles. The van der Waals surface area contributed by atoms with E-state index >= 15 is 0 Å². The first-order valence-electron chi connectivity index (χ1n) is 14.2. The molecule has 2 bridgehead atoms. The molecular formula is C31H39N3O5S. The number of unbranched alkanes of at least 4 members (excludes halogenated alkanes) is 1. The molecule has 1 spiro atoms. The molecule has 3 saturated heterocycles. The van der Waals surface area contributed by atoms with Crippen LogP contribution >= 0.6 is 11.8 Å². The van der Waals surface area contributed by atoms with Crippen LogP contribution in [0.3, 0.4) is 0 Å². The fraction of sp³-hybridized carbons (Fsp3) is 0.516. The van der Waals surface area contributed by atoms with Crippen LogP contribution in [0.1, 0.15) is 44.2 Å². The Kier molecular flexibility index (Phi) is 8.15. The number of nitrogens with one attached hydrogen (secondary N) is 2. The van der Waals surface area contributed by atoms with E-state index in [9.17, 15) is 19.5 Å². The molecule has 214 valence electrons. The van der Waals surface area contributed by atoms with E-state index in [0.29, 0.717) is 31.7 Å². The maximum absolute atomic E-state index is 14.2. The molecule has 3 heterocycles. The van der Waals surface area contributed by atoms with E-state index < -0.39 is 22.6 Å². The first kappa shape index (κ1) is 28.5. The number of fused-ring (bicyclic) bond motifs is 1. The van der Waals surface area contributed by atoms with Crippen molar-refractivity contribution in [3.63, 3.8) is 0 Å². The molecule has 3 fully saturated rings. The van der Waals surface area contributed by atoms with Crippen LogP contribution in [0.2, 0.25) is 0 Å². The Hall–Kier alpha value is -3.04. The van der Waals surface area contributed by atoms with E-state index in [1.165, 1.54) is 0 Å². The number of rotatable bonds is 10. The summed E-state index contributed by atoms with van der Waals surface area (Å²) in [5.41, 5.74) is 3.38. The van der Waals surface area contributed by atoms with Crippen LogP contribution in [0.4, 0.5) is 11.4 Å². The summed E-state index contributed by atoms with van der Waals surface area (Å²) in [4.78, 5) is 43.7. The highest BCUT2D eigenvalue weighted by Gasteiger charge is 2.75. The minimum Gasteiger partial charge on any atom is -0.494 e. The fourth-order valence-corrected chi connectivity index (χ4v) is 9.27. The number of hydrogen-bond donors (Lipinski definition) is 3. The predicted octanol–water partition coefficient (Wildman–Crippen LogP) is 4.39. The minimum absolute atomic E-state index is 0.0241. The van der Waals surface area contributed by atoms with Gasteiger partial charge in [-0.2, -0.15) is 0 Å². The number of hydrogen-bond acceptors (Lipinski definition) is 6. The largest absolute Gasteiger partial charge is 0.494 e. The first-order valence-corrected chi connectivity index (χ1v) is 15.1. The Balaban J connectivity index is 1.45. The van der Waals surface area contributed by atoms with Crippen molar-refractivity contribution in [2.45, 2.75) is 63.0 Å². The van der Waals surface area contributed by atoms with Crippen LogP contribution in [-0.2, 0) is 14.4 Å². The third-order valence-corrected chi connectivity index (χ3v) is 10.8. The molecule has 0 aromatic heterocycles. The summed E-state index contributed by atoms with van der Waals surface area (Å²) in [7, 11) is 0. The number of carbonyl (C=O) groups excluding carboxylic acids is 3. The Bertz CT molecular complexity index is 1280. The summed E-state index contributed by atoms with van der Waals surface area (Å²) in [6, 6.07) is 12.5. The lowest BCUT2D eigenvalue weighted by atomic mass is 9.66. The first-order chi connectivity index (χ1) is 19.2. The average Bonchev–Trinajstić information content (AvgIpc) is 3.51. The number of thioether (sulfide) groups is 1. The number of aryl methyl sites for hydroxylation is 2. The van der Waals surface area contributed by atoms with Crippen molar-refractivity contribution in [3.8, 4) is 5.75 Å². The van der Waals surface area contributed by atoms with E-state index in [2.05, 4.69) is 17.6 Å². The molecule has 5 rings (SSSR count). The van der Waals surface area contributed by atoms with Gasteiger partial charge in [-0.3, -0.25) is 14.4 Å². The van der Waals surface area contributed by atoms with E-state index in [-0.39, 0.29) is 35.5 Å². The van der Waals surface area contributed by atoms with Gasteiger partial charge in [-0.15, -0.1) is 11.8 Å². The number of aliphatic hydroxyl groups excluding tert-OH is 1. The average molecular weight is 566 g/mol. The number of ether oxygens (including phenoxy) is 1. The van der Waals surface area contributed by atoms with E-state index in [4.69, 9.17) is 4.74 Å². The van der Waals surface area contributed by atoms with Crippen molar-refractivity contribution in [3.05, 3.63) is 53.6 Å². The second kappa shape index (κ2) is 11.4. The highest BCUT2D eigenvalue weighted by Crippen LogP contribution is 2.68. The van der Waals surface area contributed by atoms with Crippen LogP contribution in [0, 0.1) is 31.6 Å². The van der Waals surface area contributed by atoms with Gasteiger partial charge in [0.05, 0.1) is 23.2 Å². The Morgan fingerprint density at radius 2 is 1.85 bits per heavy atom. The van der Waals surface area contributed by atoms with Gasteiger partial charge in [0.15, 0.2) is 0 Å². The molecule has 3 unspecified atom stereocenters. The van der Waals surface area contributed by atoms with Gasteiger partial charge in [-0.05, 0) is 87.4 Å². The lowest BCUT2D eigenvalue weighted by molar-refractivity contribution is -0.138. The topological polar surface area (TPSA) is 108 Å². The Morgan fingerprint density at radius 1 is 1.10 bits per heavy atom. The summed E-state index contributed by atoms with van der Waals surface area (Å²) in [5, 5.41) is 15.5. The maximum Gasteiger partial charge on any atom is 0.248 e. The number of aliphatic hydroxyl groups is 1. The molecule has 3 N–H and O–H groups in total. The van der Waals surface area contributed by atoms with Crippen LogP contribution in [-0.4, -0.2) is 63.5 Å². The summed E-state index contributed by atoms with van der Waals surface area (Å²) in [5.74, 6) is -0.820. The lowest BCUT2D eigenvalue weighted by Crippen LogP contribution is -2.54. The zero-order valence-electron chi connectivity index (χ0n) is 23.6. The van der Waals surface area contributed by atoms with Gasteiger partial charge < -0.3 is 25.4 Å². The molecule has 0 saturated carbocycles. The highest BCUT2D eigenvalue weighted by molar-refractivity contribution is 8.02. The highest BCUT2D eigenvalue weighted by atomic mass is 32.2. The molecule has 2 aromatic carbocycles. The summed E-state index contributed by atoms with van der Waals surface area (Å²) < 4.78 is 4.82. The monoisotopic (exact) mass is 565 g/mol. The van der Waals surface area contributed by atoms with Crippen LogP contribution < -0.4 is 15.4 Å². The van der Waals surface area contributed by atoms with Crippen LogP contribution in [0.15, 0.2) is 42.5 Å². The summed E-state index contributed by atoms with van der Waals surface area (Å²) in [6.45, 7) is 8.92. The zero-order valence-corrected chi connectivity index (χ0v) is 24.4. The Labute approximate surface area is 240 Å². The van der Waals surface area contributed by atoms with Gasteiger partial charge in [0.2, 0.25) is 17.7 Å². The number of benzene rings is 2. The number of nitrogens with zero attached hydrogens (tertiary/aromatic N) is 1. The van der Waals surface area contributed by atoms with E-state index in [1.54, 1.807) is 28.8 Å². The molecule has 6 atom stereocenters. The Morgan fingerprint density at radius 3 is 2.55 bits per heavy atom. The molecule has 3 aliphatic heterocycles. The van der Waals surface area contributed by atoms with Gasteiger partial charge in [0.1, 0.15) is 11.8 Å². The van der Waals surface area contributed by atoms with E-state index in [0.717, 1.165) is 29.0 Å². The summed E-state index contributed by atoms with van der Waals surface area (Å²) in [6.07, 6.45) is 1.90. The summed E-state index contributed by atoms with van der Waals surface area (Å²) >= 11 is 1.66. The third-order valence-electron chi connectivity index (χ3n) is 8.69. The van der Waals surface area contributed by atoms with Gasteiger partial charge >= 0.3 is 0 Å². The van der Waals surface area contributed by atoms with Gasteiger partial charge in [-0.1, -0.05) is 19.1 Å². The van der Waals surface area contributed by atoms with E-state index in [1.807, 2.05) is 51.1 Å². The van der Waals surface area contributed by atoms with Gasteiger partial charge in [-0.25, -0.2) is 0 Å². The fourth-order valence-electron chi connectivity index (χ4n) is 6.85. The minimum atomic E-state index is -0.697. The van der Waals surface area contributed by atoms with Crippen molar-refractivity contribution in [1.82, 2.24) is 4.90 Å². The second-order valence-corrected chi connectivity index (χ2v) is 12.8. The van der Waals surface area contributed by atoms with Crippen molar-refractivity contribution in [2.75, 3.05) is 30.4 Å². The van der Waals surface area contributed by atoms with Gasteiger partial charge in [0.25, 0.3) is 0 Å². The third kappa shape index (κ3) is 4.87.